The molecule has 0 radical (unpaired) electrons. The summed E-state index contributed by atoms with van der Waals surface area (Å²) in [6, 6.07) is 1.75. The molecule has 0 spiro atoms. The van der Waals surface area contributed by atoms with Gasteiger partial charge in [-0.05, 0) is 33.1 Å². The number of nitrogens with one attached hydrogen (secondary N) is 1. The van der Waals surface area contributed by atoms with Gasteiger partial charge in [0.15, 0.2) is 0 Å². The van der Waals surface area contributed by atoms with Crippen LogP contribution in [0, 0.1) is 6.92 Å². The largest absolute Gasteiger partial charge is 0.453 e. The average molecular weight is 313 g/mol. The molecule has 0 saturated heterocycles. The minimum absolute atomic E-state index is 0.0619. The summed E-state index contributed by atoms with van der Waals surface area (Å²) < 4.78 is 39.3. The van der Waals surface area contributed by atoms with Gasteiger partial charge in [-0.2, -0.15) is 22.7 Å². The Labute approximate surface area is 126 Å². The zero-order valence-electron chi connectivity index (χ0n) is 12.5. The van der Waals surface area contributed by atoms with Gasteiger partial charge in [0, 0.05) is 17.8 Å². The number of aryl methyl sites for hydroxylation is 1. The van der Waals surface area contributed by atoms with Gasteiger partial charge in [0.1, 0.15) is 5.82 Å². The van der Waals surface area contributed by atoms with Gasteiger partial charge in [0.05, 0.1) is 0 Å². The molecule has 0 aromatic carbocycles. The summed E-state index contributed by atoms with van der Waals surface area (Å²) in [6.45, 7) is 7.33. The highest BCUT2D eigenvalue weighted by Gasteiger charge is 2.36. The van der Waals surface area contributed by atoms with Crippen molar-refractivity contribution in [1.82, 2.24) is 19.6 Å². The Balaban J connectivity index is 2.28. The molecule has 1 N–H and O–H groups in total. The van der Waals surface area contributed by atoms with Crippen LogP contribution in [-0.2, 0) is 6.18 Å². The SMILES string of the molecule is C=CCCCC(C)Nc1cc(C)nc2nc(C(F)(F)F)nn12. The van der Waals surface area contributed by atoms with E-state index in [1.165, 1.54) is 0 Å². The van der Waals surface area contributed by atoms with Crippen LogP contribution in [0.1, 0.15) is 37.7 Å². The van der Waals surface area contributed by atoms with Crippen molar-refractivity contribution in [2.24, 2.45) is 0 Å². The second-order valence-electron chi connectivity index (χ2n) is 5.19. The molecular formula is C14H18F3N5. The molecule has 0 saturated carbocycles. The smallest absolute Gasteiger partial charge is 0.367 e. The number of rotatable bonds is 6. The van der Waals surface area contributed by atoms with E-state index in [4.69, 9.17) is 0 Å². The first kappa shape index (κ1) is 16.3. The predicted molar refractivity (Wildman–Crippen MR) is 77.7 cm³/mol. The van der Waals surface area contributed by atoms with Crippen molar-refractivity contribution in [3.63, 3.8) is 0 Å². The van der Waals surface area contributed by atoms with E-state index in [2.05, 4.69) is 27.0 Å². The number of halogens is 3. The van der Waals surface area contributed by atoms with Gasteiger partial charge in [-0.15, -0.1) is 11.7 Å². The molecule has 2 aromatic heterocycles. The van der Waals surface area contributed by atoms with Crippen LogP contribution in [-0.4, -0.2) is 25.6 Å². The van der Waals surface area contributed by atoms with Gasteiger partial charge in [0.25, 0.3) is 11.6 Å². The molecule has 0 amide bonds. The number of nitrogens with zero attached hydrogens (tertiary/aromatic N) is 4. The van der Waals surface area contributed by atoms with Crippen LogP contribution in [0.3, 0.4) is 0 Å². The summed E-state index contributed by atoms with van der Waals surface area (Å²) in [4.78, 5) is 7.44. The maximum atomic E-state index is 12.7. The highest BCUT2D eigenvalue weighted by molar-refractivity contribution is 5.46. The van der Waals surface area contributed by atoms with Crippen molar-refractivity contribution in [2.75, 3.05) is 5.32 Å². The topological polar surface area (TPSA) is 55.1 Å². The third-order valence-corrected chi connectivity index (χ3v) is 3.13. The Kier molecular flexibility index (Phi) is 4.68. The van der Waals surface area contributed by atoms with Crippen LogP contribution in [0.15, 0.2) is 18.7 Å². The van der Waals surface area contributed by atoms with Crippen molar-refractivity contribution >= 4 is 11.6 Å². The first-order valence-electron chi connectivity index (χ1n) is 7.00. The fourth-order valence-electron chi connectivity index (χ4n) is 2.10. The predicted octanol–water partition coefficient (Wildman–Crippen LogP) is 3.61. The Bertz CT molecular complexity index is 662. The molecule has 8 heteroatoms. The van der Waals surface area contributed by atoms with Crippen molar-refractivity contribution in [3.05, 3.63) is 30.2 Å². The highest BCUT2D eigenvalue weighted by atomic mass is 19.4. The summed E-state index contributed by atoms with van der Waals surface area (Å²) in [6.07, 6.45) is -0.0208. The van der Waals surface area contributed by atoms with Crippen LogP contribution in [0.2, 0.25) is 0 Å². The van der Waals surface area contributed by atoms with Crippen LogP contribution in [0.25, 0.3) is 5.78 Å². The molecule has 22 heavy (non-hydrogen) atoms. The van der Waals surface area contributed by atoms with E-state index in [1.807, 2.05) is 13.0 Å². The van der Waals surface area contributed by atoms with E-state index in [1.54, 1.807) is 13.0 Å². The number of alkyl halides is 3. The van der Waals surface area contributed by atoms with Gasteiger partial charge >= 0.3 is 6.18 Å². The quantitative estimate of drug-likeness (QED) is 0.654. The molecule has 0 aliphatic carbocycles. The maximum absolute atomic E-state index is 12.7. The zero-order chi connectivity index (χ0) is 16.3. The molecule has 0 aliphatic rings. The average Bonchev–Trinajstić information content (AvgIpc) is 2.82. The minimum atomic E-state index is -4.59. The molecule has 0 aliphatic heterocycles. The summed E-state index contributed by atoms with van der Waals surface area (Å²) >= 11 is 0. The lowest BCUT2D eigenvalue weighted by atomic mass is 10.1. The Morgan fingerprint density at radius 1 is 1.41 bits per heavy atom. The number of hydrogen-bond acceptors (Lipinski definition) is 4. The standard InChI is InChI=1S/C14H18F3N5/c1-4-5-6-7-9(2)18-11-8-10(3)19-13-20-12(14(15,16)17)21-22(11)13/h4,8-9,18H,1,5-7H2,2-3H3. The molecule has 1 unspecified atom stereocenters. The van der Waals surface area contributed by atoms with Gasteiger partial charge in [0.2, 0.25) is 0 Å². The molecule has 2 rings (SSSR count). The second kappa shape index (κ2) is 6.33. The third kappa shape index (κ3) is 3.75. The van der Waals surface area contributed by atoms with E-state index in [9.17, 15) is 13.2 Å². The van der Waals surface area contributed by atoms with E-state index in [-0.39, 0.29) is 11.8 Å². The molecular weight excluding hydrogens is 295 g/mol. The highest BCUT2D eigenvalue weighted by Crippen LogP contribution is 2.27. The van der Waals surface area contributed by atoms with Gasteiger partial charge in [-0.25, -0.2) is 4.98 Å². The van der Waals surface area contributed by atoms with Gasteiger partial charge < -0.3 is 5.32 Å². The number of allylic oxidation sites excluding steroid dienone is 1. The van der Waals surface area contributed by atoms with Crippen molar-refractivity contribution in [1.29, 1.82) is 0 Å². The summed E-state index contributed by atoms with van der Waals surface area (Å²) in [5, 5.41) is 6.68. The van der Waals surface area contributed by atoms with Gasteiger partial charge in [-0.3, -0.25) is 0 Å². The Morgan fingerprint density at radius 3 is 2.77 bits per heavy atom. The lowest BCUT2D eigenvalue weighted by Crippen LogP contribution is -2.18. The first-order valence-corrected chi connectivity index (χ1v) is 7.00. The summed E-state index contributed by atoms with van der Waals surface area (Å²) in [5.74, 6) is -0.794. The number of aromatic nitrogens is 4. The molecule has 0 fully saturated rings. The molecule has 120 valence electrons. The normalized spacial score (nSPS) is 13.3. The number of fused-ring (bicyclic) bond motifs is 1. The second-order valence-corrected chi connectivity index (χ2v) is 5.19. The van der Waals surface area contributed by atoms with E-state index in [0.29, 0.717) is 11.5 Å². The van der Waals surface area contributed by atoms with Gasteiger partial charge in [-0.1, -0.05) is 6.08 Å². The maximum Gasteiger partial charge on any atom is 0.453 e. The zero-order valence-corrected chi connectivity index (χ0v) is 12.5. The third-order valence-electron chi connectivity index (χ3n) is 3.13. The van der Waals surface area contributed by atoms with Crippen LogP contribution >= 0.6 is 0 Å². The molecule has 2 heterocycles. The van der Waals surface area contributed by atoms with E-state index >= 15 is 0 Å². The summed E-state index contributed by atoms with van der Waals surface area (Å²) in [5.41, 5.74) is 0.578. The lowest BCUT2D eigenvalue weighted by molar-refractivity contribution is -0.144. The molecule has 5 nitrogen and oxygen atoms in total. The van der Waals surface area contributed by atoms with Crippen LogP contribution < -0.4 is 5.32 Å². The van der Waals surface area contributed by atoms with Crippen molar-refractivity contribution in [3.8, 4) is 0 Å². The fourth-order valence-corrected chi connectivity index (χ4v) is 2.10. The van der Waals surface area contributed by atoms with E-state index in [0.717, 1.165) is 23.8 Å². The van der Waals surface area contributed by atoms with Crippen molar-refractivity contribution in [2.45, 2.75) is 45.3 Å². The minimum Gasteiger partial charge on any atom is -0.367 e. The Hall–Kier alpha value is -2.12. The lowest BCUT2D eigenvalue weighted by Gasteiger charge is -2.15. The van der Waals surface area contributed by atoms with Crippen molar-refractivity contribution < 1.29 is 13.2 Å². The molecule has 2 aromatic rings. The summed E-state index contributed by atoms with van der Waals surface area (Å²) in [7, 11) is 0. The first-order chi connectivity index (χ1) is 10.3. The van der Waals surface area contributed by atoms with Crippen LogP contribution in [0.4, 0.5) is 19.0 Å². The Morgan fingerprint density at radius 2 is 2.14 bits per heavy atom. The van der Waals surface area contributed by atoms with E-state index < -0.39 is 12.0 Å². The van der Waals surface area contributed by atoms with Crippen LogP contribution in [0.5, 0.6) is 0 Å². The molecule has 0 bridgehead atoms. The fraction of sp³-hybridized carbons (Fsp3) is 0.500. The monoisotopic (exact) mass is 313 g/mol. The number of hydrogen-bond donors (Lipinski definition) is 1. The molecule has 1 atom stereocenters. The number of unbranched alkanes of at least 4 members (excludes halogenated alkanes) is 1. The number of anilines is 1.